The molecule has 0 fully saturated rings. The molecule has 2 aromatic carbocycles. The van der Waals surface area contributed by atoms with Crippen molar-refractivity contribution < 1.29 is 32.3 Å². The molecule has 3 N–H and O–H groups in total. The van der Waals surface area contributed by atoms with E-state index >= 15 is 0 Å². The second kappa shape index (κ2) is 10.9. The number of esters is 1. The smallest absolute Gasteiger partial charge is 0.416 e. The molecule has 0 saturated heterocycles. The van der Waals surface area contributed by atoms with Crippen molar-refractivity contribution in [2.24, 2.45) is 5.73 Å². The van der Waals surface area contributed by atoms with Crippen LogP contribution in [0.3, 0.4) is 0 Å². The third-order valence-electron chi connectivity index (χ3n) is 6.18. The van der Waals surface area contributed by atoms with Crippen LogP contribution in [0, 0.1) is 16.7 Å². The minimum Gasteiger partial charge on any atom is -0.466 e. The number of anilines is 1. The van der Waals surface area contributed by atoms with Crippen LogP contribution in [0.1, 0.15) is 35.2 Å². The third kappa shape index (κ3) is 5.54. The molecular formula is C26H25F3N6O4. The highest BCUT2D eigenvalue weighted by Crippen LogP contribution is 2.42. The topological polar surface area (TPSA) is 144 Å². The first kappa shape index (κ1) is 28.7. The fourth-order valence-corrected chi connectivity index (χ4v) is 4.29. The number of nitrogens with two attached hydrogens (primary N) is 1. The summed E-state index contributed by atoms with van der Waals surface area (Å²) in [5.41, 5.74) is 4.99. The van der Waals surface area contributed by atoms with E-state index in [9.17, 15) is 32.8 Å². The van der Waals surface area contributed by atoms with Gasteiger partial charge >= 0.3 is 18.2 Å². The predicted octanol–water partition coefficient (Wildman–Crippen LogP) is 3.53. The number of nitrogens with zero attached hydrogens (tertiary/aromatic N) is 4. The number of nitriles is 1. The molecule has 0 aromatic heterocycles. The highest BCUT2D eigenvalue weighted by atomic mass is 19.4. The van der Waals surface area contributed by atoms with Gasteiger partial charge in [-0.3, -0.25) is 20.0 Å². The summed E-state index contributed by atoms with van der Waals surface area (Å²) in [4.78, 5) is 41.5. The number of carbonyl (C=O) groups excluding carboxylic acids is 3. The van der Waals surface area contributed by atoms with Gasteiger partial charge in [-0.15, -0.1) is 0 Å². The summed E-state index contributed by atoms with van der Waals surface area (Å²) in [6, 6.07) is 7.68. The molecule has 2 aromatic rings. The molecule has 1 unspecified atom stereocenters. The van der Waals surface area contributed by atoms with E-state index in [2.05, 4.69) is 0 Å². The van der Waals surface area contributed by atoms with Gasteiger partial charge in [0.15, 0.2) is 0 Å². The second-order valence-electron chi connectivity index (χ2n) is 8.80. The van der Waals surface area contributed by atoms with E-state index in [1.807, 2.05) is 6.07 Å². The standard InChI is InChI=1S/C26H25F3N6O4/c1-14-21(23(37)39-4)22(19-9-8-15(13-30)10-16(19)11-20(36)33(2)3)35(25(32)38)24(31)34(14)18-7-5-6-17(12-18)26(27,28)29/h5-10,12,22,31H,11H2,1-4H3,(H2,32,38). The number of allylic oxidation sites excluding steroid dienone is 1. The first-order chi connectivity index (χ1) is 18.2. The number of nitrogens with one attached hydrogen (secondary N) is 1. The van der Waals surface area contributed by atoms with Crippen LogP contribution in [-0.2, 0) is 26.9 Å². The summed E-state index contributed by atoms with van der Waals surface area (Å²) < 4.78 is 45.3. The molecular weight excluding hydrogens is 517 g/mol. The number of benzene rings is 2. The Morgan fingerprint density at radius 2 is 1.85 bits per heavy atom. The van der Waals surface area contributed by atoms with Gasteiger partial charge in [0.2, 0.25) is 11.9 Å². The van der Waals surface area contributed by atoms with Gasteiger partial charge in [0.25, 0.3) is 0 Å². The van der Waals surface area contributed by atoms with Crippen molar-refractivity contribution in [3.63, 3.8) is 0 Å². The summed E-state index contributed by atoms with van der Waals surface area (Å²) in [6.45, 7) is 1.39. The third-order valence-corrected chi connectivity index (χ3v) is 6.18. The Labute approximate surface area is 222 Å². The van der Waals surface area contributed by atoms with Gasteiger partial charge in [-0.1, -0.05) is 12.1 Å². The van der Waals surface area contributed by atoms with E-state index in [1.165, 1.54) is 50.2 Å². The quantitative estimate of drug-likeness (QED) is 0.553. The molecule has 0 bridgehead atoms. The van der Waals surface area contributed by atoms with E-state index in [0.29, 0.717) is 0 Å². The van der Waals surface area contributed by atoms with Crippen LogP contribution in [0.2, 0.25) is 0 Å². The van der Waals surface area contributed by atoms with Gasteiger partial charge in [-0.05, 0) is 48.4 Å². The average Bonchev–Trinajstić information content (AvgIpc) is 2.87. The van der Waals surface area contributed by atoms with Gasteiger partial charge in [-0.25, -0.2) is 9.59 Å². The molecule has 0 aliphatic carbocycles. The highest BCUT2D eigenvalue weighted by Gasteiger charge is 2.44. The lowest BCUT2D eigenvalue weighted by Gasteiger charge is -2.43. The zero-order valence-corrected chi connectivity index (χ0v) is 21.5. The van der Waals surface area contributed by atoms with Crippen LogP contribution in [-0.4, -0.2) is 54.9 Å². The lowest BCUT2D eigenvalue weighted by Crippen LogP contribution is -2.55. The van der Waals surface area contributed by atoms with E-state index in [-0.39, 0.29) is 46.0 Å². The molecule has 1 aliphatic heterocycles. The molecule has 13 heteroatoms. The Kier molecular flexibility index (Phi) is 8.00. The molecule has 39 heavy (non-hydrogen) atoms. The van der Waals surface area contributed by atoms with E-state index < -0.39 is 35.7 Å². The van der Waals surface area contributed by atoms with Crippen LogP contribution < -0.4 is 10.6 Å². The SMILES string of the molecule is COC(=O)C1=C(C)N(c2cccc(C(F)(F)F)c2)C(=N)N(C(N)=O)C1c1ccc(C#N)cc1CC(=O)N(C)C. The Morgan fingerprint density at radius 1 is 1.18 bits per heavy atom. The van der Waals surface area contributed by atoms with Crippen LogP contribution in [0.25, 0.3) is 0 Å². The molecule has 1 heterocycles. The molecule has 204 valence electrons. The molecule has 0 radical (unpaired) electrons. The lowest BCUT2D eigenvalue weighted by atomic mass is 9.87. The van der Waals surface area contributed by atoms with Gasteiger partial charge in [0.05, 0.1) is 36.3 Å². The van der Waals surface area contributed by atoms with Crippen molar-refractivity contribution >= 4 is 29.6 Å². The van der Waals surface area contributed by atoms with Crippen molar-refractivity contribution in [3.05, 3.63) is 76.0 Å². The Balaban J connectivity index is 2.35. The van der Waals surface area contributed by atoms with E-state index in [0.717, 1.165) is 35.1 Å². The number of rotatable bonds is 5. The normalized spacial score (nSPS) is 15.6. The minimum absolute atomic E-state index is 0.00270. The summed E-state index contributed by atoms with van der Waals surface area (Å²) in [7, 11) is 4.14. The van der Waals surface area contributed by atoms with Crippen molar-refractivity contribution in [2.75, 3.05) is 26.1 Å². The number of carbonyl (C=O) groups is 3. The van der Waals surface area contributed by atoms with Gasteiger partial charge in [-0.2, -0.15) is 18.4 Å². The van der Waals surface area contributed by atoms with Gasteiger partial charge in [0.1, 0.15) is 6.04 Å². The number of hydrogen-bond donors (Lipinski definition) is 2. The number of amides is 3. The number of alkyl halides is 3. The number of primary amides is 1. The molecule has 3 amide bonds. The minimum atomic E-state index is -4.70. The van der Waals surface area contributed by atoms with E-state index in [1.54, 1.807) is 0 Å². The molecule has 10 nitrogen and oxygen atoms in total. The molecule has 0 spiro atoms. The molecule has 1 atom stereocenters. The number of halogens is 3. The van der Waals surface area contributed by atoms with E-state index in [4.69, 9.17) is 15.9 Å². The Hall–Kier alpha value is -4.86. The summed E-state index contributed by atoms with van der Waals surface area (Å²) in [5.74, 6) is -1.93. The second-order valence-corrected chi connectivity index (χ2v) is 8.80. The Bertz CT molecular complexity index is 1430. The van der Waals surface area contributed by atoms with Crippen LogP contribution >= 0.6 is 0 Å². The maximum atomic E-state index is 13.4. The van der Waals surface area contributed by atoms with Gasteiger partial charge in [0, 0.05) is 25.5 Å². The molecule has 0 saturated carbocycles. The maximum Gasteiger partial charge on any atom is 0.416 e. The largest absolute Gasteiger partial charge is 0.466 e. The van der Waals surface area contributed by atoms with Crippen LogP contribution in [0.15, 0.2) is 53.7 Å². The fourth-order valence-electron chi connectivity index (χ4n) is 4.29. The monoisotopic (exact) mass is 542 g/mol. The highest BCUT2D eigenvalue weighted by molar-refractivity contribution is 6.10. The zero-order chi connectivity index (χ0) is 29.2. The van der Waals surface area contributed by atoms with Crippen molar-refractivity contribution in [3.8, 4) is 6.07 Å². The number of likely N-dealkylation sites (N-methyl/N-ethyl adjacent to an activating group) is 1. The summed E-state index contributed by atoms with van der Waals surface area (Å²) >= 11 is 0. The first-order valence-electron chi connectivity index (χ1n) is 11.4. The van der Waals surface area contributed by atoms with Crippen LogP contribution in [0.4, 0.5) is 23.7 Å². The zero-order valence-electron chi connectivity index (χ0n) is 21.5. The maximum absolute atomic E-state index is 13.4. The number of ether oxygens (including phenoxy) is 1. The summed E-state index contributed by atoms with van der Waals surface area (Å²) in [6.07, 6.45) is -4.92. The van der Waals surface area contributed by atoms with Crippen LogP contribution in [0.5, 0.6) is 0 Å². The number of hydrogen-bond acceptors (Lipinski definition) is 6. The number of methoxy groups -OCH3 is 1. The van der Waals surface area contributed by atoms with Gasteiger partial charge < -0.3 is 15.4 Å². The molecule has 3 rings (SSSR count). The lowest BCUT2D eigenvalue weighted by molar-refractivity contribution is -0.138. The number of urea groups is 1. The van der Waals surface area contributed by atoms with Crippen molar-refractivity contribution in [1.82, 2.24) is 9.80 Å². The average molecular weight is 543 g/mol. The predicted molar refractivity (Wildman–Crippen MR) is 134 cm³/mol. The van der Waals surface area contributed by atoms with Crippen molar-refractivity contribution in [1.29, 1.82) is 10.7 Å². The summed E-state index contributed by atoms with van der Waals surface area (Å²) in [5, 5.41) is 18.2. The molecule has 1 aliphatic rings. The van der Waals surface area contributed by atoms with Crippen molar-refractivity contribution in [2.45, 2.75) is 25.6 Å². The Morgan fingerprint density at radius 3 is 2.38 bits per heavy atom. The first-order valence-corrected chi connectivity index (χ1v) is 11.4. The number of guanidine groups is 1. The fraction of sp³-hybridized carbons (Fsp3) is 0.269.